The lowest BCUT2D eigenvalue weighted by molar-refractivity contribution is 0.102. The third kappa shape index (κ3) is 2.96. The summed E-state index contributed by atoms with van der Waals surface area (Å²) in [6.07, 6.45) is 2.65. The zero-order chi connectivity index (χ0) is 18.3. The minimum Gasteiger partial charge on any atom is -0.454 e. The van der Waals surface area contributed by atoms with Gasteiger partial charge in [-0.3, -0.25) is 4.79 Å². The number of fused-ring (bicyclic) bond motifs is 2. The topological polar surface area (TPSA) is 75.7 Å². The van der Waals surface area contributed by atoms with Gasteiger partial charge in [0, 0.05) is 19.2 Å². The van der Waals surface area contributed by atoms with Crippen molar-refractivity contribution in [2.45, 2.75) is 24.2 Å². The molecule has 0 unspecified atom stereocenters. The van der Waals surface area contributed by atoms with E-state index < -0.39 is 15.9 Å². The van der Waals surface area contributed by atoms with Crippen molar-refractivity contribution in [1.29, 1.82) is 0 Å². The Bertz CT molecular complexity index is 985. The highest BCUT2D eigenvalue weighted by molar-refractivity contribution is 7.89. The van der Waals surface area contributed by atoms with Crippen molar-refractivity contribution in [3.63, 3.8) is 0 Å². The predicted molar refractivity (Wildman–Crippen MR) is 98.5 cm³/mol. The van der Waals surface area contributed by atoms with Gasteiger partial charge in [0.2, 0.25) is 10.0 Å². The number of para-hydroxylation sites is 2. The van der Waals surface area contributed by atoms with Crippen molar-refractivity contribution in [2.75, 3.05) is 18.4 Å². The van der Waals surface area contributed by atoms with E-state index in [9.17, 15) is 13.2 Å². The van der Waals surface area contributed by atoms with Crippen LogP contribution in [0, 0.1) is 0 Å². The number of piperidine rings is 1. The molecule has 0 bridgehead atoms. The lowest BCUT2D eigenvalue weighted by atomic mass is 10.2. The van der Waals surface area contributed by atoms with Crippen LogP contribution in [0.25, 0.3) is 0 Å². The summed E-state index contributed by atoms with van der Waals surface area (Å²) in [6.45, 7) is 0.924. The Balaban J connectivity index is 1.79. The number of halogens is 1. The minimum absolute atomic E-state index is 0.0431. The maximum Gasteiger partial charge on any atom is 0.259 e. The van der Waals surface area contributed by atoms with Gasteiger partial charge in [0.15, 0.2) is 5.75 Å². The van der Waals surface area contributed by atoms with Crippen LogP contribution in [0.2, 0.25) is 5.02 Å². The number of carbonyl (C=O) groups is 1. The minimum atomic E-state index is -3.76. The second-order valence-corrected chi connectivity index (χ2v) is 8.61. The highest BCUT2D eigenvalue weighted by Gasteiger charge is 2.31. The van der Waals surface area contributed by atoms with Gasteiger partial charge in [0.25, 0.3) is 5.91 Å². The lowest BCUT2D eigenvalue weighted by Gasteiger charge is -2.26. The van der Waals surface area contributed by atoms with E-state index in [4.69, 9.17) is 16.3 Å². The van der Waals surface area contributed by atoms with Crippen LogP contribution in [0.5, 0.6) is 11.5 Å². The third-order valence-corrected chi connectivity index (χ3v) is 6.93. The zero-order valence-corrected chi connectivity index (χ0v) is 15.4. The Kier molecular flexibility index (Phi) is 4.38. The average Bonchev–Trinajstić information content (AvgIpc) is 2.77. The Morgan fingerprint density at radius 2 is 1.77 bits per heavy atom. The number of nitrogens with one attached hydrogen (secondary N) is 1. The number of benzene rings is 2. The van der Waals surface area contributed by atoms with Gasteiger partial charge in [-0.2, -0.15) is 4.31 Å². The van der Waals surface area contributed by atoms with Gasteiger partial charge >= 0.3 is 0 Å². The van der Waals surface area contributed by atoms with Crippen LogP contribution in [-0.2, 0) is 10.0 Å². The number of sulfonamides is 1. The number of carbonyl (C=O) groups excluding carboxylic acids is 1. The van der Waals surface area contributed by atoms with E-state index in [1.165, 1.54) is 16.4 Å². The molecule has 26 heavy (non-hydrogen) atoms. The summed E-state index contributed by atoms with van der Waals surface area (Å²) < 4.78 is 33.2. The van der Waals surface area contributed by atoms with Crippen molar-refractivity contribution in [2.24, 2.45) is 0 Å². The number of hydrogen-bond donors (Lipinski definition) is 1. The van der Waals surface area contributed by atoms with Crippen LogP contribution >= 0.6 is 11.6 Å². The maximum atomic E-state index is 13.0. The third-order valence-electron chi connectivity index (χ3n) is 4.57. The summed E-state index contributed by atoms with van der Waals surface area (Å²) in [6, 6.07) is 9.70. The van der Waals surface area contributed by atoms with Crippen molar-refractivity contribution >= 4 is 33.2 Å². The average molecular weight is 393 g/mol. The summed E-state index contributed by atoms with van der Waals surface area (Å²) in [5.74, 6) is 0.272. The van der Waals surface area contributed by atoms with Gasteiger partial charge in [-0.05, 0) is 31.0 Å². The van der Waals surface area contributed by atoms with E-state index in [2.05, 4.69) is 5.32 Å². The van der Waals surface area contributed by atoms with Crippen molar-refractivity contribution in [1.82, 2.24) is 4.31 Å². The summed E-state index contributed by atoms with van der Waals surface area (Å²) in [7, 11) is -3.76. The van der Waals surface area contributed by atoms with Crippen molar-refractivity contribution in [3.05, 3.63) is 47.0 Å². The molecule has 1 amide bonds. The molecular weight excluding hydrogens is 376 g/mol. The summed E-state index contributed by atoms with van der Waals surface area (Å²) in [4.78, 5) is 12.5. The second-order valence-electron chi connectivity index (χ2n) is 6.30. The van der Waals surface area contributed by atoms with Gasteiger partial charge in [-0.1, -0.05) is 30.2 Å². The Morgan fingerprint density at radius 1 is 1.04 bits per heavy atom. The highest BCUT2D eigenvalue weighted by atomic mass is 35.5. The molecule has 2 aliphatic heterocycles. The molecule has 2 heterocycles. The molecule has 1 fully saturated rings. The first kappa shape index (κ1) is 17.3. The Morgan fingerprint density at radius 3 is 2.54 bits per heavy atom. The van der Waals surface area contributed by atoms with Crippen LogP contribution < -0.4 is 10.1 Å². The first-order valence-electron chi connectivity index (χ1n) is 8.39. The number of nitrogens with zero attached hydrogens (tertiary/aromatic N) is 1. The molecule has 1 N–H and O–H groups in total. The van der Waals surface area contributed by atoms with E-state index in [1.807, 2.05) is 0 Å². The molecule has 1 saturated heterocycles. The van der Waals surface area contributed by atoms with E-state index >= 15 is 0 Å². The standard InChI is InChI=1S/C18H17ClN2O4S/c19-13-11-16-12(18(22)20-14-6-2-3-7-15(14)25-16)10-17(13)26(23,24)21-8-4-1-5-9-21/h2-3,6-7,10-11H,1,4-5,8-9H2,(H,20,22). The number of anilines is 1. The number of rotatable bonds is 2. The van der Waals surface area contributed by atoms with Gasteiger partial charge in [0.1, 0.15) is 10.6 Å². The van der Waals surface area contributed by atoms with E-state index in [-0.39, 0.29) is 21.2 Å². The molecule has 8 heteroatoms. The molecule has 0 spiro atoms. The SMILES string of the molecule is O=C1Nc2ccccc2Oc2cc(Cl)c(S(=O)(=O)N3CCCCC3)cc21. The normalized spacial score (nSPS) is 17.5. The van der Waals surface area contributed by atoms with Gasteiger partial charge in [0.05, 0.1) is 16.3 Å². The van der Waals surface area contributed by atoms with Crippen LogP contribution in [0.3, 0.4) is 0 Å². The predicted octanol–water partition coefficient (Wildman–Crippen LogP) is 3.87. The van der Waals surface area contributed by atoms with Crippen molar-refractivity contribution in [3.8, 4) is 11.5 Å². The molecule has 2 aromatic carbocycles. The fraction of sp³-hybridized carbons (Fsp3) is 0.278. The molecule has 4 rings (SSSR count). The first-order valence-corrected chi connectivity index (χ1v) is 10.2. The Labute approximate surface area is 156 Å². The number of ether oxygens (including phenoxy) is 1. The molecule has 0 aliphatic carbocycles. The largest absolute Gasteiger partial charge is 0.454 e. The molecule has 0 aromatic heterocycles. The van der Waals surface area contributed by atoms with Gasteiger partial charge in [-0.15, -0.1) is 0 Å². The molecule has 0 saturated carbocycles. The molecule has 0 atom stereocenters. The molecule has 136 valence electrons. The van der Waals surface area contributed by atoms with Gasteiger partial charge in [-0.25, -0.2) is 8.42 Å². The quantitative estimate of drug-likeness (QED) is 0.841. The van der Waals surface area contributed by atoms with Crippen LogP contribution in [0.15, 0.2) is 41.3 Å². The molecule has 2 aromatic rings. The van der Waals surface area contributed by atoms with E-state index in [1.54, 1.807) is 24.3 Å². The monoisotopic (exact) mass is 392 g/mol. The maximum absolute atomic E-state index is 13.0. The lowest BCUT2D eigenvalue weighted by Crippen LogP contribution is -2.35. The number of hydrogen-bond acceptors (Lipinski definition) is 4. The molecule has 2 aliphatic rings. The highest BCUT2D eigenvalue weighted by Crippen LogP contribution is 2.39. The summed E-state index contributed by atoms with van der Waals surface area (Å²) >= 11 is 6.28. The summed E-state index contributed by atoms with van der Waals surface area (Å²) in [5.41, 5.74) is 0.659. The fourth-order valence-electron chi connectivity index (χ4n) is 3.21. The Hall–Kier alpha value is -2.09. The van der Waals surface area contributed by atoms with Gasteiger partial charge < -0.3 is 10.1 Å². The number of amides is 1. The van der Waals surface area contributed by atoms with Crippen molar-refractivity contribution < 1.29 is 17.9 Å². The smallest absolute Gasteiger partial charge is 0.259 e. The second kappa shape index (κ2) is 6.57. The van der Waals surface area contributed by atoms with E-state index in [0.717, 1.165) is 19.3 Å². The van der Waals surface area contributed by atoms with E-state index in [0.29, 0.717) is 24.5 Å². The van der Waals surface area contributed by atoms with Crippen LogP contribution in [0.4, 0.5) is 5.69 Å². The molecular formula is C18H17ClN2O4S. The zero-order valence-electron chi connectivity index (χ0n) is 13.9. The van der Waals surface area contributed by atoms with Crippen LogP contribution in [0.1, 0.15) is 29.6 Å². The fourth-order valence-corrected chi connectivity index (χ4v) is 5.24. The first-order chi connectivity index (χ1) is 12.5. The molecule has 6 nitrogen and oxygen atoms in total. The van der Waals surface area contributed by atoms with Crippen LogP contribution in [-0.4, -0.2) is 31.7 Å². The summed E-state index contributed by atoms with van der Waals surface area (Å²) in [5, 5.41) is 2.78. The molecule has 0 radical (unpaired) electrons.